The van der Waals surface area contributed by atoms with Gasteiger partial charge in [0.05, 0.1) is 0 Å². The summed E-state index contributed by atoms with van der Waals surface area (Å²) in [5.41, 5.74) is 6.60. The van der Waals surface area contributed by atoms with Crippen molar-refractivity contribution in [3.8, 4) is 0 Å². The molecular weight excluding hydrogens is 334 g/mol. The third kappa shape index (κ3) is 3.37. The largest absolute Gasteiger partial charge is 0.409 e. The summed E-state index contributed by atoms with van der Waals surface area (Å²) in [5, 5.41) is 15.2. The van der Waals surface area contributed by atoms with Gasteiger partial charge in [-0.15, -0.1) is 0 Å². The molecule has 0 spiro atoms. The van der Waals surface area contributed by atoms with Crippen LogP contribution in [0, 0.1) is 6.92 Å². The molecule has 0 aliphatic heterocycles. The van der Waals surface area contributed by atoms with Gasteiger partial charge in [0.1, 0.15) is 5.54 Å². The van der Waals surface area contributed by atoms with Crippen molar-refractivity contribution in [2.24, 2.45) is 10.9 Å². The highest BCUT2D eigenvalue weighted by atomic mass is 79.9. The number of oxime groups is 1. The van der Waals surface area contributed by atoms with Crippen LogP contribution in [0.2, 0.25) is 0 Å². The summed E-state index contributed by atoms with van der Waals surface area (Å²) in [5.74, 6) is -0.106. The monoisotopic (exact) mass is 353 g/mol. The lowest BCUT2D eigenvalue weighted by Crippen LogP contribution is -2.58. The van der Waals surface area contributed by atoms with E-state index < -0.39 is 5.54 Å². The number of nitrogens with two attached hydrogens (primary N) is 1. The molecule has 0 bridgehead atoms. The summed E-state index contributed by atoms with van der Waals surface area (Å²) < 4.78 is 0.847. The summed E-state index contributed by atoms with van der Waals surface area (Å²) >= 11 is 3.38. The molecule has 21 heavy (non-hydrogen) atoms. The Balaban J connectivity index is 2.28. The molecule has 1 aliphatic rings. The molecule has 1 saturated carbocycles. The Morgan fingerprint density at radius 2 is 2.05 bits per heavy atom. The first-order chi connectivity index (χ1) is 9.98. The number of benzene rings is 1. The van der Waals surface area contributed by atoms with Crippen molar-refractivity contribution in [3.05, 3.63) is 33.8 Å². The highest BCUT2D eigenvalue weighted by Crippen LogP contribution is 2.29. The molecule has 6 heteroatoms. The van der Waals surface area contributed by atoms with Gasteiger partial charge in [0.15, 0.2) is 5.84 Å². The van der Waals surface area contributed by atoms with Gasteiger partial charge < -0.3 is 16.3 Å². The summed E-state index contributed by atoms with van der Waals surface area (Å²) in [6.07, 6.45) is 4.40. The van der Waals surface area contributed by atoms with Crippen LogP contribution in [0.1, 0.15) is 48.0 Å². The van der Waals surface area contributed by atoms with E-state index >= 15 is 0 Å². The van der Waals surface area contributed by atoms with Crippen LogP contribution in [0.5, 0.6) is 0 Å². The Kier molecular flexibility index (Phi) is 4.88. The lowest BCUT2D eigenvalue weighted by atomic mass is 9.80. The summed E-state index contributed by atoms with van der Waals surface area (Å²) in [6, 6.07) is 5.57. The smallest absolute Gasteiger partial charge is 0.252 e. The summed E-state index contributed by atoms with van der Waals surface area (Å²) in [6.45, 7) is 1.89. The fraction of sp³-hybridized carbons (Fsp3) is 0.467. The number of rotatable bonds is 3. The molecule has 0 atom stereocenters. The van der Waals surface area contributed by atoms with Gasteiger partial charge in [0.25, 0.3) is 5.91 Å². The quantitative estimate of drug-likeness (QED) is 0.338. The first kappa shape index (κ1) is 15.8. The van der Waals surface area contributed by atoms with E-state index in [1.54, 1.807) is 6.07 Å². The third-order valence-corrected chi connectivity index (χ3v) is 4.60. The average molecular weight is 354 g/mol. The van der Waals surface area contributed by atoms with Crippen LogP contribution in [0.15, 0.2) is 27.8 Å². The van der Waals surface area contributed by atoms with Crippen LogP contribution in [0.3, 0.4) is 0 Å². The molecule has 4 N–H and O–H groups in total. The molecule has 0 saturated heterocycles. The molecule has 1 aliphatic carbocycles. The highest BCUT2D eigenvalue weighted by molar-refractivity contribution is 9.10. The van der Waals surface area contributed by atoms with Gasteiger partial charge in [0.2, 0.25) is 0 Å². The fourth-order valence-electron chi connectivity index (χ4n) is 2.82. The van der Waals surface area contributed by atoms with Gasteiger partial charge >= 0.3 is 0 Å². The van der Waals surface area contributed by atoms with Gasteiger partial charge in [-0.05, 0) is 37.5 Å². The van der Waals surface area contributed by atoms with Crippen molar-refractivity contribution in [3.63, 3.8) is 0 Å². The number of halogens is 1. The van der Waals surface area contributed by atoms with Crippen LogP contribution in [0.4, 0.5) is 0 Å². The Labute approximate surface area is 132 Å². The van der Waals surface area contributed by atoms with Crippen molar-refractivity contribution < 1.29 is 10.0 Å². The Hall–Kier alpha value is -1.56. The van der Waals surface area contributed by atoms with Crippen molar-refractivity contribution in [2.45, 2.75) is 44.6 Å². The summed E-state index contributed by atoms with van der Waals surface area (Å²) in [4.78, 5) is 12.6. The number of aryl methyl sites for hydroxylation is 1. The van der Waals surface area contributed by atoms with Gasteiger partial charge in [-0.3, -0.25) is 4.79 Å². The van der Waals surface area contributed by atoms with Crippen LogP contribution in [-0.2, 0) is 0 Å². The molecule has 114 valence electrons. The second-order valence-corrected chi connectivity index (χ2v) is 6.46. The molecule has 5 nitrogen and oxygen atoms in total. The Morgan fingerprint density at radius 1 is 1.38 bits per heavy atom. The molecule has 0 radical (unpaired) electrons. The van der Waals surface area contributed by atoms with Crippen LogP contribution in [-0.4, -0.2) is 22.5 Å². The minimum atomic E-state index is -0.737. The molecule has 1 fully saturated rings. The van der Waals surface area contributed by atoms with Crippen molar-refractivity contribution in [1.82, 2.24) is 5.32 Å². The molecule has 2 rings (SSSR count). The van der Waals surface area contributed by atoms with Gasteiger partial charge in [-0.1, -0.05) is 46.4 Å². The lowest BCUT2D eigenvalue weighted by Gasteiger charge is -2.36. The van der Waals surface area contributed by atoms with Crippen LogP contribution >= 0.6 is 15.9 Å². The van der Waals surface area contributed by atoms with Gasteiger partial charge in [-0.25, -0.2) is 0 Å². The minimum absolute atomic E-state index is 0.0863. The normalized spacial score (nSPS) is 18.3. The molecular formula is C15H20BrN3O2. The number of hydrogen-bond donors (Lipinski definition) is 3. The predicted molar refractivity (Wildman–Crippen MR) is 85.6 cm³/mol. The van der Waals surface area contributed by atoms with E-state index in [-0.39, 0.29) is 11.7 Å². The lowest BCUT2D eigenvalue weighted by molar-refractivity contribution is 0.0905. The van der Waals surface area contributed by atoms with E-state index in [1.165, 1.54) is 0 Å². The number of carbonyl (C=O) groups excluding carboxylic acids is 1. The van der Waals surface area contributed by atoms with E-state index in [4.69, 9.17) is 10.9 Å². The summed E-state index contributed by atoms with van der Waals surface area (Å²) in [7, 11) is 0. The zero-order chi connectivity index (χ0) is 15.5. The number of carbonyl (C=O) groups is 1. The average Bonchev–Trinajstić information content (AvgIpc) is 2.49. The van der Waals surface area contributed by atoms with E-state index in [9.17, 15) is 4.79 Å². The zero-order valence-electron chi connectivity index (χ0n) is 12.0. The number of nitrogens with zero attached hydrogens (tertiary/aromatic N) is 1. The predicted octanol–water partition coefficient (Wildman–Crippen LogP) is 2.94. The highest BCUT2D eigenvalue weighted by Gasteiger charge is 2.38. The van der Waals surface area contributed by atoms with Crippen LogP contribution < -0.4 is 11.1 Å². The Bertz CT molecular complexity index is 566. The van der Waals surface area contributed by atoms with E-state index in [2.05, 4.69) is 26.4 Å². The Morgan fingerprint density at radius 3 is 2.67 bits per heavy atom. The maximum absolute atomic E-state index is 12.6. The molecule has 1 aromatic rings. The maximum atomic E-state index is 12.6. The second kappa shape index (κ2) is 6.47. The standard InChI is InChI=1S/C15H20BrN3O2/c1-10-5-6-11(16)9-12(10)13(20)18-15(14(17)19-21)7-3-2-4-8-15/h5-6,9,21H,2-4,7-8H2,1H3,(H2,17,19)(H,18,20). The molecule has 1 amide bonds. The number of hydrogen-bond acceptors (Lipinski definition) is 3. The first-order valence-electron chi connectivity index (χ1n) is 7.05. The molecule has 0 aromatic heterocycles. The first-order valence-corrected chi connectivity index (χ1v) is 7.84. The van der Waals surface area contributed by atoms with Crippen molar-refractivity contribution in [2.75, 3.05) is 0 Å². The van der Waals surface area contributed by atoms with Gasteiger partial charge in [0, 0.05) is 10.0 Å². The molecule has 1 aromatic carbocycles. The maximum Gasteiger partial charge on any atom is 0.252 e. The van der Waals surface area contributed by atoms with Gasteiger partial charge in [-0.2, -0.15) is 0 Å². The van der Waals surface area contributed by atoms with E-state index in [0.29, 0.717) is 18.4 Å². The molecule has 0 heterocycles. The van der Waals surface area contributed by atoms with Crippen molar-refractivity contribution in [1.29, 1.82) is 0 Å². The SMILES string of the molecule is Cc1ccc(Br)cc1C(=O)NC1(C(N)=NO)CCCCC1. The minimum Gasteiger partial charge on any atom is -0.409 e. The topological polar surface area (TPSA) is 87.7 Å². The number of amidine groups is 1. The third-order valence-electron chi connectivity index (χ3n) is 4.10. The second-order valence-electron chi connectivity index (χ2n) is 5.54. The van der Waals surface area contributed by atoms with E-state index in [0.717, 1.165) is 29.3 Å². The van der Waals surface area contributed by atoms with Crippen LogP contribution in [0.25, 0.3) is 0 Å². The zero-order valence-corrected chi connectivity index (χ0v) is 13.6. The molecule has 0 unspecified atom stereocenters. The van der Waals surface area contributed by atoms with E-state index in [1.807, 2.05) is 19.1 Å². The number of nitrogens with one attached hydrogen (secondary N) is 1. The fourth-order valence-corrected chi connectivity index (χ4v) is 3.18. The number of amides is 1. The van der Waals surface area contributed by atoms with Crippen molar-refractivity contribution >= 4 is 27.7 Å².